The molecule has 0 bridgehead atoms. The first-order valence-corrected chi connectivity index (χ1v) is 3.44. The Morgan fingerprint density at radius 3 is 2.00 bits per heavy atom. The van der Waals surface area contributed by atoms with E-state index in [0.717, 1.165) is 4.90 Å². The first kappa shape index (κ1) is 10.4. The lowest BCUT2D eigenvalue weighted by Gasteiger charge is -2.26. The lowest BCUT2D eigenvalue weighted by atomic mass is 10.1. The Bertz CT molecular complexity index is 148. The Morgan fingerprint density at radius 1 is 1.55 bits per heavy atom. The van der Waals surface area contributed by atoms with Gasteiger partial charge in [0.2, 0.25) is 0 Å². The van der Waals surface area contributed by atoms with Gasteiger partial charge in [-0.1, -0.05) is 0 Å². The van der Waals surface area contributed by atoms with Crippen LogP contribution in [-0.4, -0.2) is 39.9 Å². The summed E-state index contributed by atoms with van der Waals surface area (Å²) in [7, 11) is 1.44. The van der Waals surface area contributed by atoms with Gasteiger partial charge in [-0.05, 0) is 20.8 Å². The zero-order valence-corrected chi connectivity index (χ0v) is 7.33. The summed E-state index contributed by atoms with van der Waals surface area (Å²) in [6, 6.07) is 0. The second-order valence-corrected chi connectivity index (χ2v) is 3.11. The van der Waals surface area contributed by atoms with Crippen LogP contribution >= 0.6 is 0 Å². The third-order valence-corrected chi connectivity index (χ3v) is 1.40. The molecule has 0 saturated carbocycles. The van der Waals surface area contributed by atoms with Gasteiger partial charge < -0.3 is 15.1 Å². The molecule has 0 rings (SSSR count). The largest absolute Gasteiger partial charge is 0.381 e. The zero-order valence-electron chi connectivity index (χ0n) is 7.33. The van der Waals surface area contributed by atoms with Crippen LogP contribution in [0.4, 0.5) is 0 Å². The summed E-state index contributed by atoms with van der Waals surface area (Å²) in [6.07, 6.45) is -0.867. The van der Waals surface area contributed by atoms with Crippen molar-refractivity contribution in [2.75, 3.05) is 7.05 Å². The summed E-state index contributed by atoms with van der Waals surface area (Å²) in [5.74, 6) is -0.493. The predicted molar refractivity (Wildman–Crippen MR) is 40.7 cm³/mol. The quantitative estimate of drug-likeness (QED) is 0.539. The van der Waals surface area contributed by atoms with E-state index in [0.29, 0.717) is 0 Å². The molecule has 0 aliphatic rings. The van der Waals surface area contributed by atoms with Gasteiger partial charge in [-0.15, -0.1) is 0 Å². The van der Waals surface area contributed by atoms with Crippen LogP contribution in [0.1, 0.15) is 20.8 Å². The number of hydrogen-bond donors (Lipinski definition) is 2. The molecule has 4 heteroatoms. The van der Waals surface area contributed by atoms with Gasteiger partial charge in [-0.2, -0.15) is 0 Å². The molecular formula is C7H15NO3. The number of carbonyl (C=O) groups excluding carboxylic acids is 1. The smallest absolute Gasteiger partial charge is 0.255 e. The Labute approximate surface area is 66.4 Å². The third-order valence-electron chi connectivity index (χ3n) is 1.40. The molecule has 0 aromatic rings. The topological polar surface area (TPSA) is 60.8 Å². The van der Waals surface area contributed by atoms with Crippen LogP contribution in [0.2, 0.25) is 0 Å². The Morgan fingerprint density at radius 2 is 1.91 bits per heavy atom. The molecule has 0 saturated heterocycles. The summed E-state index contributed by atoms with van der Waals surface area (Å²) >= 11 is 0. The van der Waals surface area contributed by atoms with E-state index < -0.39 is 17.7 Å². The molecule has 2 N–H and O–H groups in total. The fourth-order valence-corrected chi connectivity index (χ4v) is 0.601. The summed E-state index contributed by atoms with van der Waals surface area (Å²) < 4.78 is 0. The van der Waals surface area contributed by atoms with Crippen molar-refractivity contribution in [3.8, 4) is 0 Å². The highest BCUT2D eigenvalue weighted by Gasteiger charge is 2.28. The Hall–Kier alpha value is -0.610. The molecule has 1 atom stereocenters. The number of aliphatic hydroxyl groups is 2. The molecule has 66 valence electrons. The molecule has 0 spiro atoms. The van der Waals surface area contributed by atoms with E-state index in [9.17, 15) is 9.90 Å². The normalized spacial score (nSPS) is 14.4. The molecule has 1 amide bonds. The standard InChI is InChI=1S/C7H15NO3/c1-5(9)8(4)6(10)7(2,3)11/h5,9,11H,1-4H3. The molecule has 0 aliphatic carbocycles. The van der Waals surface area contributed by atoms with Crippen molar-refractivity contribution in [3.63, 3.8) is 0 Å². The highest BCUT2D eigenvalue weighted by atomic mass is 16.3. The maximum absolute atomic E-state index is 11.1. The van der Waals surface area contributed by atoms with Crippen LogP contribution in [-0.2, 0) is 4.79 Å². The molecule has 0 aromatic heterocycles. The number of hydrogen-bond acceptors (Lipinski definition) is 3. The van der Waals surface area contributed by atoms with Crippen molar-refractivity contribution >= 4 is 5.91 Å². The molecule has 4 nitrogen and oxygen atoms in total. The number of amides is 1. The molecule has 1 unspecified atom stereocenters. The van der Waals surface area contributed by atoms with E-state index in [2.05, 4.69) is 0 Å². The van der Waals surface area contributed by atoms with Gasteiger partial charge in [0.25, 0.3) is 5.91 Å². The summed E-state index contributed by atoms with van der Waals surface area (Å²) in [5, 5.41) is 18.2. The van der Waals surface area contributed by atoms with Gasteiger partial charge in [0, 0.05) is 7.05 Å². The van der Waals surface area contributed by atoms with Crippen molar-refractivity contribution in [1.29, 1.82) is 0 Å². The average Bonchev–Trinajstić information content (AvgIpc) is 1.82. The Kier molecular flexibility index (Phi) is 3.02. The fraction of sp³-hybridized carbons (Fsp3) is 0.857. The van der Waals surface area contributed by atoms with Gasteiger partial charge in [-0.25, -0.2) is 0 Å². The summed E-state index contributed by atoms with van der Waals surface area (Å²) in [4.78, 5) is 12.2. The zero-order chi connectivity index (χ0) is 9.23. The second-order valence-electron chi connectivity index (χ2n) is 3.11. The van der Waals surface area contributed by atoms with E-state index in [1.807, 2.05) is 0 Å². The lowest BCUT2D eigenvalue weighted by molar-refractivity contribution is -0.154. The van der Waals surface area contributed by atoms with E-state index in [4.69, 9.17) is 5.11 Å². The first-order valence-electron chi connectivity index (χ1n) is 3.44. The van der Waals surface area contributed by atoms with Gasteiger partial charge in [-0.3, -0.25) is 4.79 Å². The minimum atomic E-state index is -1.41. The van der Waals surface area contributed by atoms with Crippen LogP contribution in [0.15, 0.2) is 0 Å². The monoisotopic (exact) mass is 161 g/mol. The van der Waals surface area contributed by atoms with Crippen LogP contribution < -0.4 is 0 Å². The van der Waals surface area contributed by atoms with E-state index in [1.54, 1.807) is 0 Å². The highest BCUT2D eigenvalue weighted by Crippen LogP contribution is 2.06. The molecule has 0 radical (unpaired) electrons. The van der Waals surface area contributed by atoms with Gasteiger partial charge in [0.15, 0.2) is 0 Å². The number of rotatable bonds is 2. The molecule has 11 heavy (non-hydrogen) atoms. The van der Waals surface area contributed by atoms with Gasteiger partial charge in [0.05, 0.1) is 0 Å². The van der Waals surface area contributed by atoms with E-state index in [1.165, 1.54) is 27.8 Å². The van der Waals surface area contributed by atoms with Gasteiger partial charge >= 0.3 is 0 Å². The second kappa shape index (κ2) is 3.19. The number of carbonyl (C=O) groups is 1. The molecule has 0 fully saturated rings. The van der Waals surface area contributed by atoms with Crippen molar-refractivity contribution in [2.45, 2.75) is 32.6 Å². The van der Waals surface area contributed by atoms with Crippen LogP contribution in [0.5, 0.6) is 0 Å². The SMILES string of the molecule is CC(O)N(C)C(=O)C(C)(C)O. The van der Waals surface area contributed by atoms with Crippen LogP contribution in [0.3, 0.4) is 0 Å². The van der Waals surface area contributed by atoms with E-state index >= 15 is 0 Å². The van der Waals surface area contributed by atoms with Crippen molar-refractivity contribution in [1.82, 2.24) is 4.90 Å². The summed E-state index contributed by atoms with van der Waals surface area (Å²) in [5.41, 5.74) is -1.41. The minimum absolute atomic E-state index is 0.493. The molecule has 0 heterocycles. The predicted octanol–water partition coefficient (Wildman–Crippen LogP) is -0.446. The van der Waals surface area contributed by atoms with Crippen molar-refractivity contribution in [2.24, 2.45) is 0 Å². The molecule has 0 aliphatic heterocycles. The third kappa shape index (κ3) is 2.86. The average molecular weight is 161 g/mol. The molecular weight excluding hydrogens is 146 g/mol. The molecule has 0 aromatic carbocycles. The van der Waals surface area contributed by atoms with Crippen molar-refractivity contribution < 1.29 is 15.0 Å². The first-order chi connectivity index (χ1) is 4.76. The lowest BCUT2D eigenvalue weighted by Crippen LogP contribution is -2.46. The van der Waals surface area contributed by atoms with Crippen LogP contribution in [0, 0.1) is 0 Å². The van der Waals surface area contributed by atoms with Gasteiger partial charge in [0.1, 0.15) is 11.8 Å². The van der Waals surface area contributed by atoms with Crippen LogP contribution in [0.25, 0.3) is 0 Å². The highest BCUT2D eigenvalue weighted by molar-refractivity contribution is 5.83. The number of likely N-dealkylation sites (N-methyl/N-ethyl adjacent to an activating group) is 1. The maximum Gasteiger partial charge on any atom is 0.255 e. The summed E-state index contributed by atoms with van der Waals surface area (Å²) in [6.45, 7) is 4.23. The maximum atomic E-state index is 11.1. The van der Waals surface area contributed by atoms with E-state index in [-0.39, 0.29) is 0 Å². The number of nitrogens with zero attached hydrogens (tertiary/aromatic N) is 1. The number of aliphatic hydroxyl groups excluding tert-OH is 1. The Balaban J connectivity index is 4.26. The van der Waals surface area contributed by atoms with Crippen molar-refractivity contribution in [3.05, 3.63) is 0 Å². The fourth-order valence-electron chi connectivity index (χ4n) is 0.601. The minimum Gasteiger partial charge on any atom is -0.381 e.